The molecule has 2 aromatic rings. The van der Waals surface area contributed by atoms with Crippen LogP contribution in [0.4, 0.5) is 0 Å². The van der Waals surface area contributed by atoms with E-state index in [2.05, 4.69) is 15.5 Å². The van der Waals surface area contributed by atoms with Gasteiger partial charge in [-0.3, -0.25) is 0 Å². The average Bonchev–Trinajstić information content (AvgIpc) is 3.10. The van der Waals surface area contributed by atoms with Crippen LogP contribution in [0.3, 0.4) is 0 Å². The van der Waals surface area contributed by atoms with Crippen molar-refractivity contribution in [2.24, 2.45) is 0 Å². The summed E-state index contributed by atoms with van der Waals surface area (Å²) in [7, 11) is 0. The highest BCUT2D eigenvalue weighted by atomic mass is 16.5. The molecule has 18 heavy (non-hydrogen) atoms. The fourth-order valence-corrected chi connectivity index (χ4v) is 2.00. The first-order valence-corrected chi connectivity index (χ1v) is 6.00. The van der Waals surface area contributed by atoms with E-state index in [1.165, 1.54) is 0 Å². The summed E-state index contributed by atoms with van der Waals surface area (Å²) in [5.41, 5.74) is 0.834. The Bertz CT molecular complexity index is 495. The molecule has 0 N–H and O–H groups in total. The number of para-hydroxylation sites is 2. The number of nitrogens with zero attached hydrogens (tertiary/aromatic N) is 4. The molecule has 1 aliphatic rings. The van der Waals surface area contributed by atoms with E-state index in [0.29, 0.717) is 6.61 Å². The van der Waals surface area contributed by atoms with Gasteiger partial charge in [-0.25, -0.2) is 0 Å². The SMILES string of the molecule is c1ccc(-n2cnnn2)c(OC[C@H]2CCCO2)c1. The lowest BCUT2D eigenvalue weighted by Crippen LogP contribution is -2.17. The highest BCUT2D eigenvalue weighted by molar-refractivity contribution is 5.45. The van der Waals surface area contributed by atoms with Crippen LogP contribution < -0.4 is 4.74 Å². The van der Waals surface area contributed by atoms with Gasteiger partial charge in [0.2, 0.25) is 0 Å². The highest BCUT2D eigenvalue weighted by Gasteiger charge is 2.17. The maximum atomic E-state index is 5.80. The van der Waals surface area contributed by atoms with Crippen molar-refractivity contribution in [2.45, 2.75) is 18.9 Å². The number of rotatable bonds is 4. The molecule has 2 heterocycles. The topological polar surface area (TPSA) is 62.1 Å². The minimum absolute atomic E-state index is 0.201. The van der Waals surface area contributed by atoms with Crippen LogP contribution in [-0.2, 0) is 4.74 Å². The van der Waals surface area contributed by atoms with E-state index in [1.54, 1.807) is 11.0 Å². The van der Waals surface area contributed by atoms with Gasteiger partial charge >= 0.3 is 0 Å². The van der Waals surface area contributed by atoms with E-state index in [4.69, 9.17) is 9.47 Å². The fraction of sp³-hybridized carbons (Fsp3) is 0.417. The molecule has 0 aliphatic carbocycles. The summed E-state index contributed by atoms with van der Waals surface area (Å²) in [5.74, 6) is 0.764. The predicted molar refractivity (Wildman–Crippen MR) is 63.6 cm³/mol. The van der Waals surface area contributed by atoms with Crippen molar-refractivity contribution in [3.05, 3.63) is 30.6 Å². The molecule has 0 unspecified atom stereocenters. The Morgan fingerprint density at radius 2 is 2.33 bits per heavy atom. The molecule has 1 fully saturated rings. The van der Waals surface area contributed by atoms with Gasteiger partial charge in [-0.05, 0) is 35.4 Å². The summed E-state index contributed by atoms with van der Waals surface area (Å²) >= 11 is 0. The molecule has 6 nitrogen and oxygen atoms in total. The van der Waals surface area contributed by atoms with E-state index >= 15 is 0 Å². The smallest absolute Gasteiger partial charge is 0.145 e. The van der Waals surface area contributed by atoms with Crippen molar-refractivity contribution in [1.29, 1.82) is 0 Å². The van der Waals surface area contributed by atoms with Crippen LogP contribution in [0.2, 0.25) is 0 Å². The molecule has 1 saturated heterocycles. The van der Waals surface area contributed by atoms with E-state index in [-0.39, 0.29) is 6.10 Å². The third-order valence-electron chi connectivity index (χ3n) is 2.91. The fourth-order valence-electron chi connectivity index (χ4n) is 2.00. The summed E-state index contributed by atoms with van der Waals surface area (Å²) in [6.45, 7) is 1.40. The van der Waals surface area contributed by atoms with Gasteiger partial charge in [-0.1, -0.05) is 12.1 Å². The summed E-state index contributed by atoms with van der Waals surface area (Å²) in [4.78, 5) is 0. The molecule has 0 saturated carbocycles. The van der Waals surface area contributed by atoms with Crippen molar-refractivity contribution in [3.63, 3.8) is 0 Å². The van der Waals surface area contributed by atoms with Crippen LogP contribution in [0.5, 0.6) is 5.75 Å². The second-order valence-corrected chi connectivity index (χ2v) is 4.17. The molecule has 94 valence electrons. The van der Waals surface area contributed by atoms with Crippen LogP contribution >= 0.6 is 0 Å². The number of tetrazole rings is 1. The van der Waals surface area contributed by atoms with E-state index in [9.17, 15) is 0 Å². The zero-order valence-electron chi connectivity index (χ0n) is 9.90. The number of hydrogen-bond acceptors (Lipinski definition) is 5. The van der Waals surface area contributed by atoms with Crippen molar-refractivity contribution >= 4 is 0 Å². The minimum atomic E-state index is 0.201. The van der Waals surface area contributed by atoms with Crippen molar-refractivity contribution < 1.29 is 9.47 Å². The maximum Gasteiger partial charge on any atom is 0.145 e. The van der Waals surface area contributed by atoms with Crippen LogP contribution in [0.25, 0.3) is 5.69 Å². The van der Waals surface area contributed by atoms with E-state index in [1.807, 2.05) is 24.3 Å². The first kappa shape index (κ1) is 11.2. The normalized spacial score (nSPS) is 19.0. The molecule has 6 heteroatoms. The van der Waals surface area contributed by atoms with Crippen molar-refractivity contribution in [3.8, 4) is 11.4 Å². The van der Waals surface area contributed by atoms with Gasteiger partial charge in [0.1, 0.15) is 24.4 Å². The van der Waals surface area contributed by atoms with Gasteiger partial charge in [-0.15, -0.1) is 5.10 Å². The highest BCUT2D eigenvalue weighted by Crippen LogP contribution is 2.22. The second kappa shape index (κ2) is 5.14. The predicted octanol–water partition coefficient (Wildman–Crippen LogP) is 1.22. The monoisotopic (exact) mass is 246 g/mol. The number of aromatic nitrogens is 4. The molecule has 3 rings (SSSR count). The molecule has 0 amide bonds. The lowest BCUT2D eigenvalue weighted by molar-refractivity contribution is 0.0679. The van der Waals surface area contributed by atoms with E-state index in [0.717, 1.165) is 30.9 Å². The van der Waals surface area contributed by atoms with Gasteiger partial charge in [0.15, 0.2) is 0 Å². The Labute approximate surface area is 105 Å². The van der Waals surface area contributed by atoms with Crippen LogP contribution in [0.15, 0.2) is 30.6 Å². The molecule has 0 spiro atoms. The lowest BCUT2D eigenvalue weighted by Gasteiger charge is -2.13. The van der Waals surface area contributed by atoms with Gasteiger partial charge in [-0.2, -0.15) is 4.68 Å². The Morgan fingerprint density at radius 3 is 3.11 bits per heavy atom. The molecule has 0 radical (unpaired) electrons. The summed E-state index contributed by atoms with van der Waals surface area (Å²) in [6, 6.07) is 7.68. The third kappa shape index (κ3) is 2.33. The van der Waals surface area contributed by atoms with Crippen molar-refractivity contribution in [1.82, 2.24) is 20.2 Å². The molecule has 0 bridgehead atoms. The maximum absolute atomic E-state index is 5.80. The molecule has 1 aromatic carbocycles. The molecular weight excluding hydrogens is 232 g/mol. The Balaban J connectivity index is 1.75. The number of benzene rings is 1. The van der Waals surface area contributed by atoms with Crippen LogP contribution in [0, 0.1) is 0 Å². The molecule has 1 aliphatic heterocycles. The second-order valence-electron chi connectivity index (χ2n) is 4.17. The molecule has 1 aromatic heterocycles. The number of ether oxygens (including phenoxy) is 2. The van der Waals surface area contributed by atoms with E-state index < -0.39 is 0 Å². The number of hydrogen-bond donors (Lipinski definition) is 0. The van der Waals surface area contributed by atoms with Crippen LogP contribution in [0.1, 0.15) is 12.8 Å². The first-order valence-electron chi connectivity index (χ1n) is 6.00. The van der Waals surface area contributed by atoms with Crippen molar-refractivity contribution in [2.75, 3.05) is 13.2 Å². The average molecular weight is 246 g/mol. The van der Waals surface area contributed by atoms with Gasteiger partial charge in [0.05, 0.1) is 6.10 Å². The van der Waals surface area contributed by atoms with Gasteiger partial charge in [0.25, 0.3) is 0 Å². The Morgan fingerprint density at radius 1 is 1.39 bits per heavy atom. The third-order valence-corrected chi connectivity index (χ3v) is 2.91. The zero-order valence-corrected chi connectivity index (χ0v) is 9.90. The first-order chi connectivity index (χ1) is 8.93. The Kier molecular flexibility index (Phi) is 3.18. The largest absolute Gasteiger partial charge is 0.489 e. The van der Waals surface area contributed by atoms with Crippen LogP contribution in [-0.4, -0.2) is 39.5 Å². The standard InChI is InChI=1S/C12H14N4O2/c1-2-6-12(18-8-10-4-3-7-17-10)11(5-1)16-9-13-14-15-16/h1-2,5-6,9-10H,3-4,7-8H2/t10-/m1/s1. The zero-order chi connectivity index (χ0) is 12.2. The summed E-state index contributed by atoms with van der Waals surface area (Å²) in [6.07, 6.45) is 3.93. The Hall–Kier alpha value is -1.95. The molecular formula is C12H14N4O2. The van der Waals surface area contributed by atoms with Gasteiger partial charge in [0, 0.05) is 6.61 Å². The summed E-state index contributed by atoms with van der Waals surface area (Å²) < 4.78 is 12.9. The summed E-state index contributed by atoms with van der Waals surface area (Å²) in [5, 5.41) is 11.1. The molecule has 1 atom stereocenters. The van der Waals surface area contributed by atoms with Gasteiger partial charge < -0.3 is 9.47 Å². The lowest BCUT2D eigenvalue weighted by atomic mass is 10.2. The quantitative estimate of drug-likeness (QED) is 0.811. The minimum Gasteiger partial charge on any atom is -0.489 e.